The topological polar surface area (TPSA) is 0 Å². The minimum atomic E-state index is 0. The molecule has 80 valence electrons. The molecule has 0 unspecified atom stereocenters. The Bertz CT molecular complexity index is 138. The standard InChI is InChI=1S/C12H24.CH4/c1-9(2)7-12(11(5)6)8-10(3)4;/h7,9-11H,8H2,1-6H3;1H4. The average molecular weight is 184 g/mol. The molecular formula is C13H28. The predicted molar refractivity (Wildman–Crippen MR) is 63.9 cm³/mol. The van der Waals surface area contributed by atoms with Crippen LogP contribution in [0.1, 0.15) is 55.4 Å². The summed E-state index contributed by atoms with van der Waals surface area (Å²) in [5, 5.41) is 0. The van der Waals surface area contributed by atoms with Crippen LogP contribution in [0.4, 0.5) is 0 Å². The summed E-state index contributed by atoms with van der Waals surface area (Å²) >= 11 is 0. The summed E-state index contributed by atoms with van der Waals surface area (Å²) in [7, 11) is 0. The molecular weight excluding hydrogens is 156 g/mol. The molecule has 0 fully saturated rings. The van der Waals surface area contributed by atoms with Crippen molar-refractivity contribution in [2.45, 2.75) is 55.4 Å². The molecule has 0 nitrogen and oxygen atoms in total. The molecule has 0 spiro atoms. The molecule has 0 N–H and O–H groups in total. The fourth-order valence-electron chi connectivity index (χ4n) is 1.40. The molecule has 0 atom stereocenters. The van der Waals surface area contributed by atoms with Crippen molar-refractivity contribution in [1.29, 1.82) is 0 Å². The van der Waals surface area contributed by atoms with Gasteiger partial charge in [-0.05, 0) is 24.2 Å². The Labute approximate surface area is 85.4 Å². The van der Waals surface area contributed by atoms with Gasteiger partial charge in [0, 0.05) is 0 Å². The van der Waals surface area contributed by atoms with Crippen molar-refractivity contribution in [3.8, 4) is 0 Å². The summed E-state index contributed by atoms with van der Waals surface area (Å²) < 4.78 is 0. The van der Waals surface area contributed by atoms with E-state index in [1.165, 1.54) is 6.42 Å². The maximum Gasteiger partial charge on any atom is -0.0260 e. The van der Waals surface area contributed by atoms with Crippen molar-refractivity contribution in [3.05, 3.63) is 11.6 Å². The van der Waals surface area contributed by atoms with Gasteiger partial charge in [-0.25, -0.2) is 0 Å². The van der Waals surface area contributed by atoms with Gasteiger partial charge in [-0.3, -0.25) is 0 Å². The lowest BCUT2D eigenvalue weighted by Crippen LogP contribution is -2.00. The number of hydrogen-bond acceptors (Lipinski definition) is 0. The van der Waals surface area contributed by atoms with Crippen molar-refractivity contribution >= 4 is 0 Å². The number of rotatable bonds is 4. The number of allylic oxidation sites excluding steroid dienone is 2. The second-order valence-electron chi connectivity index (χ2n) is 4.74. The third kappa shape index (κ3) is 8.08. The molecule has 0 saturated carbocycles. The molecule has 0 bridgehead atoms. The molecule has 0 radical (unpaired) electrons. The van der Waals surface area contributed by atoms with Crippen LogP contribution in [0.25, 0.3) is 0 Å². The van der Waals surface area contributed by atoms with Gasteiger partial charge < -0.3 is 0 Å². The minimum Gasteiger partial charge on any atom is -0.0825 e. The molecule has 0 aromatic carbocycles. The van der Waals surface area contributed by atoms with E-state index in [0.717, 1.165) is 11.8 Å². The van der Waals surface area contributed by atoms with Crippen molar-refractivity contribution in [1.82, 2.24) is 0 Å². The van der Waals surface area contributed by atoms with Gasteiger partial charge in [0.1, 0.15) is 0 Å². The largest absolute Gasteiger partial charge is 0.0825 e. The zero-order valence-electron chi connectivity index (χ0n) is 9.52. The third-order valence-electron chi connectivity index (χ3n) is 1.93. The van der Waals surface area contributed by atoms with Gasteiger partial charge in [0.2, 0.25) is 0 Å². The summed E-state index contributed by atoms with van der Waals surface area (Å²) in [6, 6.07) is 0. The Balaban J connectivity index is 0. The maximum atomic E-state index is 2.42. The first-order chi connectivity index (χ1) is 5.43. The maximum absolute atomic E-state index is 2.42. The van der Waals surface area contributed by atoms with Crippen LogP contribution in [0.15, 0.2) is 11.6 Å². The predicted octanol–water partition coefficient (Wildman–Crippen LogP) is 4.91. The zero-order chi connectivity index (χ0) is 9.72. The second kappa shape index (κ2) is 7.17. The van der Waals surface area contributed by atoms with E-state index in [9.17, 15) is 0 Å². The first-order valence-electron chi connectivity index (χ1n) is 5.14. The molecule has 0 heterocycles. The van der Waals surface area contributed by atoms with Gasteiger partial charge in [-0.1, -0.05) is 60.6 Å². The van der Waals surface area contributed by atoms with Gasteiger partial charge in [0.15, 0.2) is 0 Å². The minimum absolute atomic E-state index is 0. The fraction of sp³-hybridized carbons (Fsp3) is 0.846. The Kier molecular flexibility index (Phi) is 8.40. The molecule has 0 aromatic heterocycles. The van der Waals surface area contributed by atoms with E-state index in [2.05, 4.69) is 47.6 Å². The van der Waals surface area contributed by atoms with E-state index in [1.54, 1.807) is 5.57 Å². The summed E-state index contributed by atoms with van der Waals surface area (Å²) in [5.41, 5.74) is 1.63. The van der Waals surface area contributed by atoms with E-state index in [0.29, 0.717) is 5.92 Å². The Hall–Kier alpha value is -0.260. The zero-order valence-corrected chi connectivity index (χ0v) is 9.52. The van der Waals surface area contributed by atoms with Gasteiger partial charge in [-0.15, -0.1) is 0 Å². The summed E-state index contributed by atoms with van der Waals surface area (Å²) in [6.45, 7) is 13.7. The van der Waals surface area contributed by atoms with Crippen LogP contribution in [0, 0.1) is 17.8 Å². The van der Waals surface area contributed by atoms with E-state index < -0.39 is 0 Å². The highest BCUT2D eigenvalue weighted by Crippen LogP contribution is 2.20. The second-order valence-corrected chi connectivity index (χ2v) is 4.74. The monoisotopic (exact) mass is 184 g/mol. The lowest BCUT2D eigenvalue weighted by atomic mass is 9.91. The van der Waals surface area contributed by atoms with E-state index in [-0.39, 0.29) is 7.43 Å². The van der Waals surface area contributed by atoms with Crippen LogP contribution in [0.5, 0.6) is 0 Å². The summed E-state index contributed by atoms with van der Waals surface area (Å²) in [5.74, 6) is 2.20. The number of hydrogen-bond donors (Lipinski definition) is 0. The van der Waals surface area contributed by atoms with Gasteiger partial charge in [0.25, 0.3) is 0 Å². The molecule has 0 aliphatic heterocycles. The Morgan fingerprint density at radius 1 is 1.00 bits per heavy atom. The molecule has 0 saturated heterocycles. The Morgan fingerprint density at radius 2 is 1.46 bits per heavy atom. The molecule has 0 aromatic rings. The molecule has 0 heteroatoms. The molecule has 13 heavy (non-hydrogen) atoms. The van der Waals surface area contributed by atoms with Crippen LogP contribution in [0.2, 0.25) is 0 Å². The van der Waals surface area contributed by atoms with E-state index >= 15 is 0 Å². The van der Waals surface area contributed by atoms with Crippen molar-refractivity contribution in [2.24, 2.45) is 17.8 Å². The van der Waals surface area contributed by atoms with E-state index in [4.69, 9.17) is 0 Å². The third-order valence-corrected chi connectivity index (χ3v) is 1.93. The van der Waals surface area contributed by atoms with Crippen LogP contribution >= 0.6 is 0 Å². The highest BCUT2D eigenvalue weighted by atomic mass is 14.1. The van der Waals surface area contributed by atoms with Crippen molar-refractivity contribution < 1.29 is 0 Å². The first kappa shape index (κ1) is 15.2. The summed E-state index contributed by atoms with van der Waals surface area (Å²) in [6.07, 6.45) is 3.68. The SMILES string of the molecule is C.CC(C)C=C(CC(C)C)C(C)C. The summed E-state index contributed by atoms with van der Waals surface area (Å²) in [4.78, 5) is 0. The lowest BCUT2D eigenvalue weighted by molar-refractivity contribution is 0.578. The van der Waals surface area contributed by atoms with Crippen LogP contribution in [-0.4, -0.2) is 0 Å². The van der Waals surface area contributed by atoms with Crippen molar-refractivity contribution in [2.75, 3.05) is 0 Å². The van der Waals surface area contributed by atoms with Gasteiger partial charge >= 0.3 is 0 Å². The normalized spacial score (nSPS) is 12.5. The van der Waals surface area contributed by atoms with E-state index in [1.807, 2.05) is 0 Å². The van der Waals surface area contributed by atoms with Crippen LogP contribution in [-0.2, 0) is 0 Å². The quantitative estimate of drug-likeness (QED) is 0.545. The smallest absolute Gasteiger partial charge is 0.0260 e. The fourth-order valence-corrected chi connectivity index (χ4v) is 1.40. The molecule has 0 amide bonds. The highest BCUT2D eigenvalue weighted by molar-refractivity contribution is 5.06. The first-order valence-corrected chi connectivity index (χ1v) is 5.14. The average Bonchev–Trinajstić information content (AvgIpc) is 1.83. The van der Waals surface area contributed by atoms with Gasteiger partial charge in [0.05, 0.1) is 0 Å². The highest BCUT2D eigenvalue weighted by Gasteiger charge is 2.06. The van der Waals surface area contributed by atoms with Crippen LogP contribution < -0.4 is 0 Å². The van der Waals surface area contributed by atoms with Crippen LogP contribution in [0.3, 0.4) is 0 Å². The van der Waals surface area contributed by atoms with Gasteiger partial charge in [-0.2, -0.15) is 0 Å². The van der Waals surface area contributed by atoms with Crippen molar-refractivity contribution in [3.63, 3.8) is 0 Å². The molecule has 0 rings (SSSR count). The lowest BCUT2D eigenvalue weighted by Gasteiger charge is -2.15. The molecule has 0 aliphatic rings. The Morgan fingerprint density at radius 3 is 1.69 bits per heavy atom. The molecule has 0 aliphatic carbocycles.